The Morgan fingerprint density at radius 3 is 2.32 bits per heavy atom. The minimum absolute atomic E-state index is 1.30. The van der Waals surface area contributed by atoms with E-state index in [0.29, 0.717) is 0 Å². The fraction of sp³-hybridized carbons (Fsp3) is 0.208. The second-order valence-corrected chi connectivity index (χ2v) is 8.32. The van der Waals surface area contributed by atoms with Gasteiger partial charge in [0.05, 0.1) is 16.3 Å². The molecule has 0 spiro atoms. The lowest BCUT2D eigenvalue weighted by molar-refractivity contribution is -0.632. The highest BCUT2D eigenvalue weighted by Crippen LogP contribution is 2.47. The van der Waals surface area contributed by atoms with Crippen LogP contribution in [0.4, 0.5) is 0 Å². The molecule has 0 bridgehead atoms. The quantitative estimate of drug-likeness (QED) is 0.126. The van der Waals surface area contributed by atoms with E-state index < -0.39 is 0 Å². The molecule has 144 valence electrons. The lowest BCUT2D eigenvalue weighted by Gasteiger charge is -2.19. The van der Waals surface area contributed by atoms with Crippen molar-refractivity contribution in [1.82, 2.24) is 0 Å². The normalized spacial score (nSPS) is 11.2. The summed E-state index contributed by atoms with van der Waals surface area (Å²) in [7, 11) is 3.81. The van der Waals surface area contributed by atoms with Crippen molar-refractivity contribution in [3.63, 3.8) is 0 Å². The van der Waals surface area contributed by atoms with E-state index in [4.69, 9.17) is 0 Å². The van der Waals surface area contributed by atoms with Gasteiger partial charge in [-0.1, -0.05) is 55.9 Å². The molecule has 1 aliphatic heterocycles. The molecule has 2 nitrogen and oxygen atoms in total. The van der Waals surface area contributed by atoms with E-state index in [1.54, 1.807) is 30.1 Å². The van der Waals surface area contributed by atoms with Crippen LogP contribution in [0.5, 0.6) is 0 Å². The lowest BCUT2D eigenvalue weighted by atomic mass is 9.98. The molecule has 1 aliphatic rings. The molecule has 3 aromatic carbocycles. The zero-order valence-corrected chi connectivity index (χ0v) is 19.9. The smallest absolute Gasteiger partial charge is 0.222 e. The largest absolute Gasteiger partial charge is 0.319 e. The van der Waals surface area contributed by atoms with Crippen LogP contribution in [0.2, 0.25) is 0 Å². The summed E-state index contributed by atoms with van der Waals surface area (Å²) < 4.78 is 6.59. The van der Waals surface area contributed by atoms with Gasteiger partial charge < -0.3 is 3.07 Å². The van der Waals surface area contributed by atoms with E-state index in [2.05, 4.69) is 82.3 Å². The van der Waals surface area contributed by atoms with Gasteiger partial charge in [0, 0.05) is 28.4 Å². The van der Waals surface area contributed by atoms with Gasteiger partial charge in [-0.05, 0) is 36.8 Å². The fourth-order valence-corrected chi connectivity index (χ4v) is 4.82. The van der Waals surface area contributed by atoms with Crippen molar-refractivity contribution < 1.29 is 7.63 Å². The number of hydrogen-bond donors (Lipinski definition) is 0. The standard InChI is InChI=1S/C21H16NS.C2H6.CH3IO/c1-13-10-11-14-15-7-5-9-19-20(15)21(22(2)17(14)12-13)16-6-3-4-8-18(16)23-19;1-2;1-3-2/h3-12H,1-2H3;1-2H3;1H3/q+1;;. The predicted octanol–water partition coefficient (Wildman–Crippen LogP) is 7.27. The zero-order chi connectivity index (χ0) is 20.3. The van der Waals surface area contributed by atoms with Crippen LogP contribution in [0, 0.1) is 6.92 Å². The molecule has 0 saturated carbocycles. The van der Waals surface area contributed by atoms with Gasteiger partial charge in [-0.2, -0.15) is 4.57 Å². The SMILES string of the molecule is CC.COI.Cc1ccc2c3cccc4c3c([n+](C)c2c1)-c1ccccc1S4. The molecular formula is C24H25INOS+. The second-order valence-electron chi connectivity index (χ2n) is 6.36. The number of aryl methyl sites for hydroxylation is 2. The van der Waals surface area contributed by atoms with Crippen molar-refractivity contribution in [2.45, 2.75) is 30.6 Å². The third-order valence-electron chi connectivity index (χ3n) is 4.77. The third kappa shape index (κ3) is 3.65. The summed E-state index contributed by atoms with van der Waals surface area (Å²) in [5.74, 6) is 0. The molecule has 1 aromatic heterocycles. The van der Waals surface area contributed by atoms with Gasteiger partial charge in [0.15, 0.2) is 0 Å². The highest BCUT2D eigenvalue weighted by Gasteiger charge is 2.28. The molecule has 0 unspecified atom stereocenters. The average molecular weight is 502 g/mol. The molecule has 28 heavy (non-hydrogen) atoms. The van der Waals surface area contributed by atoms with Crippen LogP contribution in [0.25, 0.3) is 32.9 Å². The van der Waals surface area contributed by atoms with E-state index in [0.717, 1.165) is 0 Å². The highest BCUT2D eigenvalue weighted by atomic mass is 127. The molecular weight excluding hydrogens is 477 g/mol. The first-order valence-corrected chi connectivity index (χ1v) is 11.1. The Morgan fingerprint density at radius 2 is 1.57 bits per heavy atom. The number of hydrogen-bond acceptors (Lipinski definition) is 2. The number of halogens is 1. The Morgan fingerprint density at radius 1 is 0.893 bits per heavy atom. The molecule has 2 heterocycles. The number of fused-ring (bicyclic) bond motifs is 4. The predicted molar refractivity (Wildman–Crippen MR) is 129 cm³/mol. The second kappa shape index (κ2) is 9.25. The third-order valence-corrected chi connectivity index (χ3v) is 5.90. The Bertz CT molecular complexity index is 1140. The summed E-state index contributed by atoms with van der Waals surface area (Å²) in [6.45, 7) is 6.16. The first-order chi connectivity index (χ1) is 13.7. The Balaban J connectivity index is 0.000000414. The summed E-state index contributed by atoms with van der Waals surface area (Å²) in [5, 5.41) is 4.07. The molecule has 0 fully saturated rings. The van der Waals surface area contributed by atoms with Crippen molar-refractivity contribution in [3.8, 4) is 11.3 Å². The number of rotatable bonds is 0. The van der Waals surface area contributed by atoms with Crippen LogP contribution < -0.4 is 4.57 Å². The maximum atomic E-state index is 4.22. The van der Waals surface area contributed by atoms with Gasteiger partial charge in [0.25, 0.3) is 0 Å². The van der Waals surface area contributed by atoms with Crippen LogP contribution >= 0.6 is 34.8 Å². The van der Waals surface area contributed by atoms with E-state index in [-0.39, 0.29) is 0 Å². The topological polar surface area (TPSA) is 13.1 Å². The van der Waals surface area contributed by atoms with Crippen LogP contribution in [-0.2, 0) is 10.1 Å². The summed E-state index contributed by atoms with van der Waals surface area (Å²) in [6, 6.07) is 22.2. The van der Waals surface area contributed by atoms with E-state index in [9.17, 15) is 0 Å². The van der Waals surface area contributed by atoms with Gasteiger partial charge in [0.1, 0.15) is 30.1 Å². The Labute approximate surface area is 185 Å². The van der Waals surface area contributed by atoms with Gasteiger partial charge in [0.2, 0.25) is 11.2 Å². The first-order valence-electron chi connectivity index (χ1n) is 9.42. The van der Waals surface area contributed by atoms with Crippen LogP contribution in [-0.4, -0.2) is 7.11 Å². The molecule has 0 N–H and O–H groups in total. The van der Waals surface area contributed by atoms with Gasteiger partial charge in [-0.15, -0.1) is 0 Å². The van der Waals surface area contributed by atoms with E-state index in [1.807, 2.05) is 25.6 Å². The van der Waals surface area contributed by atoms with Crippen molar-refractivity contribution in [2.24, 2.45) is 7.05 Å². The van der Waals surface area contributed by atoms with E-state index >= 15 is 0 Å². The minimum Gasteiger partial charge on any atom is -0.319 e. The van der Waals surface area contributed by atoms with Crippen molar-refractivity contribution >= 4 is 56.4 Å². The number of pyridine rings is 1. The average Bonchev–Trinajstić information content (AvgIpc) is 2.73. The molecule has 0 atom stereocenters. The fourth-order valence-electron chi connectivity index (χ4n) is 3.71. The van der Waals surface area contributed by atoms with Crippen LogP contribution in [0.15, 0.2) is 70.5 Å². The summed E-state index contributed by atoms with van der Waals surface area (Å²) in [5.41, 5.74) is 5.27. The van der Waals surface area contributed by atoms with Crippen molar-refractivity contribution in [1.29, 1.82) is 0 Å². The maximum absolute atomic E-state index is 4.22. The van der Waals surface area contributed by atoms with Crippen LogP contribution in [0.1, 0.15) is 19.4 Å². The van der Waals surface area contributed by atoms with Crippen molar-refractivity contribution in [3.05, 3.63) is 66.2 Å². The van der Waals surface area contributed by atoms with Crippen molar-refractivity contribution in [2.75, 3.05) is 7.11 Å². The molecule has 0 radical (unpaired) electrons. The first kappa shape index (κ1) is 21.1. The maximum Gasteiger partial charge on any atom is 0.222 e. The monoisotopic (exact) mass is 502 g/mol. The zero-order valence-electron chi connectivity index (χ0n) is 16.9. The summed E-state index contributed by atoms with van der Waals surface area (Å²) in [4.78, 5) is 2.70. The Kier molecular flexibility index (Phi) is 6.96. The highest BCUT2D eigenvalue weighted by molar-refractivity contribution is 14.1. The molecule has 0 amide bonds. The van der Waals surface area contributed by atoms with Gasteiger partial charge >= 0.3 is 0 Å². The van der Waals surface area contributed by atoms with Gasteiger partial charge in [-0.25, -0.2) is 0 Å². The number of nitrogens with zero attached hydrogens (tertiary/aromatic N) is 1. The van der Waals surface area contributed by atoms with Gasteiger partial charge in [-0.3, -0.25) is 0 Å². The molecule has 5 rings (SSSR count). The Hall–Kier alpha value is -1.63. The number of aromatic nitrogens is 1. The molecule has 0 saturated heterocycles. The molecule has 4 heteroatoms. The summed E-state index contributed by atoms with van der Waals surface area (Å²) in [6.07, 6.45) is 0. The minimum atomic E-state index is 1.30. The molecule has 0 aliphatic carbocycles. The van der Waals surface area contributed by atoms with E-state index in [1.165, 1.54) is 48.3 Å². The number of benzene rings is 3. The summed E-state index contributed by atoms with van der Waals surface area (Å²) >= 11 is 3.67. The van der Waals surface area contributed by atoms with Crippen LogP contribution in [0.3, 0.4) is 0 Å². The molecule has 4 aromatic rings. The lowest BCUT2D eigenvalue weighted by Crippen LogP contribution is -2.33.